The second-order valence-corrected chi connectivity index (χ2v) is 6.59. The monoisotopic (exact) mass is 362 g/mol. The van der Waals surface area contributed by atoms with Gasteiger partial charge in [0.25, 0.3) is 0 Å². The highest BCUT2D eigenvalue weighted by Crippen LogP contribution is 2.28. The smallest absolute Gasteiger partial charge is 0.310 e. The van der Waals surface area contributed by atoms with Gasteiger partial charge in [-0.05, 0) is 38.5 Å². The summed E-state index contributed by atoms with van der Waals surface area (Å²) in [5.41, 5.74) is 0. The van der Waals surface area contributed by atoms with E-state index in [0.717, 1.165) is 25.7 Å². The summed E-state index contributed by atoms with van der Waals surface area (Å²) < 4.78 is 10.7. The van der Waals surface area contributed by atoms with Gasteiger partial charge >= 0.3 is 11.9 Å². The fourth-order valence-corrected chi connectivity index (χ4v) is 2.81. The van der Waals surface area contributed by atoms with Crippen LogP contribution < -0.4 is 0 Å². The summed E-state index contributed by atoms with van der Waals surface area (Å²) in [5.74, 6) is -1.43. The van der Waals surface area contributed by atoms with E-state index in [9.17, 15) is 9.59 Å². The predicted molar refractivity (Wildman–Crippen MR) is 105 cm³/mol. The van der Waals surface area contributed by atoms with E-state index < -0.39 is 11.8 Å². The molecule has 0 N–H and O–H groups in total. The summed E-state index contributed by atoms with van der Waals surface area (Å²) in [5, 5.41) is 0. The zero-order valence-corrected chi connectivity index (χ0v) is 16.3. The molecule has 1 rings (SSSR count). The van der Waals surface area contributed by atoms with E-state index in [0.29, 0.717) is 38.9 Å². The molecular formula is C22H34O4. The summed E-state index contributed by atoms with van der Waals surface area (Å²) in [6.45, 7) is 4.98. The maximum Gasteiger partial charge on any atom is 0.310 e. The molecule has 0 aromatic heterocycles. The van der Waals surface area contributed by atoms with Crippen LogP contribution in [0.5, 0.6) is 0 Å². The van der Waals surface area contributed by atoms with E-state index in [1.165, 1.54) is 0 Å². The topological polar surface area (TPSA) is 52.6 Å². The molecule has 0 saturated carbocycles. The lowest BCUT2D eigenvalue weighted by atomic mass is 9.83. The number of esters is 2. The third-order valence-electron chi connectivity index (χ3n) is 4.34. The Morgan fingerprint density at radius 2 is 1.15 bits per heavy atom. The number of hydrogen-bond donors (Lipinski definition) is 0. The standard InChI is InChI=1S/C22H34O4/c1-3-5-7-9-13-17-25-21(23)19-15-11-12-16-20(19)22(24)26-18-14-10-8-6-4-2/h7-12,19-20H,3-6,13-18H2,1-2H3/b9-7+,10-8+. The Hall–Kier alpha value is -1.84. The third-order valence-corrected chi connectivity index (χ3v) is 4.34. The first kappa shape index (κ1) is 22.2. The third kappa shape index (κ3) is 9.02. The Bertz CT molecular complexity index is 446. The maximum absolute atomic E-state index is 12.4. The van der Waals surface area contributed by atoms with Crippen LogP contribution in [0.4, 0.5) is 0 Å². The number of unbranched alkanes of at least 4 members (excludes halogenated alkanes) is 2. The maximum atomic E-state index is 12.4. The van der Waals surface area contributed by atoms with E-state index in [4.69, 9.17) is 9.47 Å². The summed E-state index contributed by atoms with van der Waals surface area (Å²) in [4.78, 5) is 24.7. The molecule has 0 radical (unpaired) electrons. The van der Waals surface area contributed by atoms with Crippen molar-refractivity contribution in [1.82, 2.24) is 0 Å². The van der Waals surface area contributed by atoms with Crippen molar-refractivity contribution in [3.05, 3.63) is 36.5 Å². The Kier molecular flexibility index (Phi) is 12.2. The van der Waals surface area contributed by atoms with Crippen molar-refractivity contribution in [3.8, 4) is 0 Å². The molecule has 146 valence electrons. The van der Waals surface area contributed by atoms with Crippen LogP contribution in [0, 0.1) is 11.8 Å². The summed E-state index contributed by atoms with van der Waals surface area (Å²) >= 11 is 0. The van der Waals surface area contributed by atoms with Crippen LogP contribution in [0.25, 0.3) is 0 Å². The molecule has 1 aliphatic rings. The number of carbonyl (C=O) groups excluding carboxylic acids is 2. The van der Waals surface area contributed by atoms with Crippen molar-refractivity contribution in [2.24, 2.45) is 11.8 Å². The molecule has 0 aliphatic heterocycles. The van der Waals surface area contributed by atoms with Gasteiger partial charge in [-0.25, -0.2) is 0 Å². The normalized spacial score (nSPS) is 19.9. The van der Waals surface area contributed by atoms with E-state index in [-0.39, 0.29) is 11.9 Å². The SMILES string of the molecule is CCC/C=C/CCOC(=O)C1CC=CCC1C(=O)OCC/C=C/CCC. The highest BCUT2D eigenvalue weighted by Gasteiger charge is 2.36. The van der Waals surface area contributed by atoms with Crippen molar-refractivity contribution < 1.29 is 19.1 Å². The fraction of sp³-hybridized carbons (Fsp3) is 0.636. The zero-order valence-electron chi connectivity index (χ0n) is 16.3. The van der Waals surface area contributed by atoms with Gasteiger partial charge in [-0.15, -0.1) is 0 Å². The second-order valence-electron chi connectivity index (χ2n) is 6.59. The largest absolute Gasteiger partial charge is 0.465 e. The molecule has 26 heavy (non-hydrogen) atoms. The zero-order chi connectivity index (χ0) is 19.0. The Labute approximate surface area is 158 Å². The number of allylic oxidation sites excluding steroid dienone is 4. The minimum Gasteiger partial charge on any atom is -0.465 e. The minimum atomic E-state index is -0.428. The van der Waals surface area contributed by atoms with Crippen LogP contribution in [-0.2, 0) is 19.1 Å². The van der Waals surface area contributed by atoms with Crippen LogP contribution in [-0.4, -0.2) is 25.2 Å². The first-order valence-electron chi connectivity index (χ1n) is 9.98. The van der Waals surface area contributed by atoms with Crippen LogP contribution in [0.3, 0.4) is 0 Å². The highest BCUT2D eigenvalue weighted by atomic mass is 16.5. The van der Waals surface area contributed by atoms with Crippen molar-refractivity contribution in [1.29, 1.82) is 0 Å². The molecule has 4 nitrogen and oxygen atoms in total. The van der Waals surface area contributed by atoms with Crippen LogP contribution >= 0.6 is 0 Å². The van der Waals surface area contributed by atoms with Gasteiger partial charge in [-0.2, -0.15) is 0 Å². The number of ether oxygens (including phenoxy) is 2. The molecule has 0 amide bonds. The average molecular weight is 363 g/mol. The lowest BCUT2D eigenvalue weighted by Crippen LogP contribution is -2.34. The first-order chi connectivity index (χ1) is 12.7. The molecule has 2 atom stereocenters. The molecule has 0 fully saturated rings. The lowest BCUT2D eigenvalue weighted by molar-refractivity contribution is -0.160. The van der Waals surface area contributed by atoms with E-state index in [1.54, 1.807) is 0 Å². The van der Waals surface area contributed by atoms with Gasteiger partial charge in [0, 0.05) is 0 Å². The average Bonchev–Trinajstić information content (AvgIpc) is 2.67. The molecule has 0 aromatic rings. The molecule has 0 aromatic carbocycles. The summed E-state index contributed by atoms with van der Waals surface area (Å²) in [7, 11) is 0. The number of hydrogen-bond acceptors (Lipinski definition) is 4. The van der Waals surface area contributed by atoms with Gasteiger partial charge in [0.05, 0.1) is 25.0 Å². The van der Waals surface area contributed by atoms with Crippen molar-refractivity contribution >= 4 is 11.9 Å². The molecule has 1 aliphatic carbocycles. The number of rotatable bonds is 12. The van der Waals surface area contributed by atoms with E-state index in [2.05, 4.69) is 26.0 Å². The molecule has 0 spiro atoms. The van der Waals surface area contributed by atoms with Gasteiger partial charge in [0.1, 0.15) is 0 Å². The van der Waals surface area contributed by atoms with Gasteiger partial charge in [0.2, 0.25) is 0 Å². The molecule has 0 saturated heterocycles. The number of carbonyl (C=O) groups is 2. The Balaban J connectivity index is 2.39. The van der Waals surface area contributed by atoms with Crippen LogP contribution in [0.15, 0.2) is 36.5 Å². The lowest BCUT2D eigenvalue weighted by Gasteiger charge is -2.25. The second kappa shape index (κ2) is 14.3. The van der Waals surface area contributed by atoms with Gasteiger partial charge < -0.3 is 9.47 Å². The minimum absolute atomic E-state index is 0.289. The van der Waals surface area contributed by atoms with E-state index in [1.807, 2.05) is 24.3 Å². The van der Waals surface area contributed by atoms with E-state index >= 15 is 0 Å². The Morgan fingerprint density at radius 1 is 0.769 bits per heavy atom. The fourth-order valence-electron chi connectivity index (χ4n) is 2.81. The van der Waals surface area contributed by atoms with Crippen LogP contribution in [0.2, 0.25) is 0 Å². The van der Waals surface area contributed by atoms with Crippen LogP contribution in [0.1, 0.15) is 65.2 Å². The van der Waals surface area contributed by atoms with Crippen molar-refractivity contribution in [2.75, 3.05) is 13.2 Å². The summed E-state index contributed by atoms with van der Waals surface area (Å²) in [6.07, 6.45) is 19.0. The molecule has 2 unspecified atom stereocenters. The molecule has 4 heteroatoms. The molecule has 0 bridgehead atoms. The van der Waals surface area contributed by atoms with Gasteiger partial charge in [-0.1, -0.05) is 63.1 Å². The molecule has 0 heterocycles. The first-order valence-corrected chi connectivity index (χ1v) is 9.98. The Morgan fingerprint density at radius 3 is 1.54 bits per heavy atom. The van der Waals surface area contributed by atoms with Gasteiger partial charge in [0.15, 0.2) is 0 Å². The quantitative estimate of drug-likeness (QED) is 0.274. The highest BCUT2D eigenvalue weighted by molar-refractivity contribution is 5.82. The summed E-state index contributed by atoms with van der Waals surface area (Å²) in [6, 6.07) is 0. The molecular weight excluding hydrogens is 328 g/mol. The van der Waals surface area contributed by atoms with Crippen molar-refractivity contribution in [3.63, 3.8) is 0 Å². The van der Waals surface area contributed by atoms with Gasteiger partial charge in [-0.3, -0.25) is 9.59 Å². The predicted octanol–water partition coefficient (Wildman–Crippen LogP) is 5.15. The van der Waals surface area contributed by atoms with Crippen molar-refractivity contribution in [2.45, 2.75) is 65.2 Å².